The van der Waals surface area contributed by atoms with E-state index in [9.17, 15) is 19.7 Å². The van der Waals surface area contributed by atoms with Crippen molar-refractivity contribution in [3.05, 3.63) is 69.3 Å². The number of nitro benzene ring substituents is 1. The molecule has 0 radical (unpaired) electrons. The summed E-state index contributed by atoms with van der Waals surface area (Å²) in [5, 5.41) is 16.9. The molecular formula is C21H23N3O4. The summed E-state index contributed by atoms with van der Waals surface area (Å²) in [5.74, 6) is -0.723. The van der Waals surface area contributed by atoms with Gasteiger partial charge in [0.15, 0.2) is 0 Å². The summed E-state index contributed by atoms with van der Waals surface area (Å²) >= 11 is 0. The molecule has 1 saturated carbocycles. The molecule has 1 fully saturated rings. The molecule has 1 aliphatic rings. The van der Waals surface area contributed by atoms with Crippen LogP contribution < -0.4 is 10.6 Å². The van der Waals surface area contributed by atoms with E-state index in [1.54, 1.807) is 31.2 Å². The van der Waals surface area contributed by atoms with Crippen LogP contribution in [0.3, 0.4) is 0 Å². The summed E-state index contributed by atoms with van der Waals surface area (Å²) in [7, 11) is 0. The van der Waals surface area contributed by atoms with Crippen molar-refractivity contribution >= 4 is 23.2 Å². The summed E-state index contributed by atoms with van der Waals surface area (Å²) in [6, 6.07) is 11.2. The van der Waals surface area contributed by atoms with E-state index < -0.39 is 10.8 Å². The first-order valence-electron chi connectivity index (χ1n) is 9.42. The Morgan fingerprint density at radius 3 is 2.46 bits per heavy atom. The maximum Gasteiger partial charge on any atom is 0.273 e. The van der Waals surface area contributed by atoms with E-state index in [4.69, 9.17) is 0 Å². The molecule has 2 amide bonds. The van der Waals surface area contributed by atoms with Crippen LogP contribution in [0.2, 0.25) is 0 Å². The number of carbonyl (C=O) groups is 2. The molecule has 3 rings (SSSR count). The van der Waals surface area contributed by atoms with Gasteiger partial charge in [0.1, 0.15) is 0 Å². The summed E-state index contributed by atoms with van der Waals surface area (Å²) in [6.07, 6.45) is 5.34. The molecule has 0 heterocycles. The first kappa shape index (κ1) is 19.5. The van der Waals surface area contributed by atoms with Crippen LogP contribution in [0, 0.1) is 17.0 Å². The molecule has 0 aromatic heterocycles. The average Bonchev–Trinajstić information content (AvgIpc) is 2.69. The minimum absolute atomic E-state index is 0.115. The van der Waals surface area contributed by atoms with Crippen molar-refractivity contribution in [1.29, 1.82) is 0 Å². The second-order valence-corrected chi connectivity index (χ2v) is 7.07. The highest BCUT2D eigenvalue weighted by Crippen LogP contribution is 2.22. The number of nitro groups is 1. The van der Waals surface area contributed by atoms with Gasteiger partial charge in [-0.3, -0.25) is 19.7 Å². The van der Waals surface area contributed by atoms with Gasteiger partial charge in [0, 0.05) is 23.2 Å². The number of anilines is 1. The molecule has 0 bridgehead atoms. The van der Waals surface area contributed by atoms with Gasteiger partial charge in [-0.2, -0.15) is 0 Å². The molecule has 0 atom stereocenters. The Bertz CT molecular complexity index is 904. The van der Waals surface area contributed by atoms with Gasteiger partial charge in [0.25, 0.3) is 17.5 Å². The van der Waals surface area contributed by atoms with Crippen molar-refractivity contribution < 1.29 is 14.5 Å². The second-order valence-electron chi connectivity index (χ2n) is 7.07. The Kier molecular flexibility index (Phi) is 6.03. The number of nitrogens with one attached hydrogen (secondary N) is 2. The monoisotopic (exact) mass is 381 g/mol. The number of carbonyl (C=O) groups excluding carboxylic acids is 2. The molecule has 7 nitrogen and oxygen atoms in total. The number of hydrogen-bond donors (Lipinski definition) is 2. The lowest BCUT2D eigenvalue weighted by atomic mass is 9.95. The minimum atomic E-state index is -0.516. The smallest absolute Gasteiger partial charge is 0.273 e. The van der Waals surface area contributed by atoms with Crippen molar-refractivity contribution in [2.45, 2.75) is 45.1 Å². The van der Waals surface area contributed by atoms with Crippen LogP contribution in [0.5, 0.6) is 0 Å². The van der Waals surface area contributed by atoms with E-state index in [0.29, 0.717) is 16.8 Å². The van der Waals surface area contributed by atoms with Crippen LogP contribution in [0.15, 0.2) is 42.5 Å². The number of benzene rings is 2. The lowest BCUT2D eigenvalue weighted by molar-refractivity contribution is -0.385. The molecule has 0 spiro atoms. The van der Waals surface area contributed by atoms with Crippen LogP contribution in [0.4, 0.5) is 11.4 Å². The van der Waals surface area contributed by atoms with Gasteiger partial charge < -0.3 is 10.6 Å². The summed E-state index contributed by atoms with van der Waals surface area (Å²) in [5.41, 5.74) is 1.29. The largest absolute Gasteiger partial charge is 0.349 e. The number of rotatable bonds is 5. The normalized spacial score (nSPS) is 14.3. The number of nitrogens with zero attached hydrogens (tertiary/aromatic N) is 1. The zero-order chi connectivity index (χ0) is 20.1. The van der Waals surface area contributed by atoms with Gasteiger partial charge in [-0.15, -0.1) is 0 Å². The zero-order valence-corrected chi connectivity index (χ0v) is 15.7. The average molecular weight is 381 g/mol. The van der Waals surface area contributed by atoms with E-state index in [-0.39, 0.29) is 23.2 Å². The predicted octanol–water partition coefficient (Wildman–Crippen LogP) is 4.22. The third kappa shape index (κ3) is 4.54. The first-order chi connectivity index (χ1) is 13.5. The summed E-state index contributed by atoms with van der Waals surface area (Å²) < 4.78 is 0. The van der Waals surface area contributed by atoms with E-state index >= 15 is 0 Å². The molecule has 146 valence electrons. The third-order valence-corrected chi connectivity index (χ3v) is 5.03. The fourth-order valence-electron chi connectivity index (χ4n) is 3.44. The van der Waals surface area contributed by atoms with Crippen molar-refractivity contribution in [2.24, 2.45) is 0 Å². The molecule has 0 unspecified atom stereocenters. The van der Waals surface area contributed by atoms with Crippen molar-refractivity contribution in [2.75, 3.05) is 5.32 Å². The maximum atomic E-state index is 12.7. The zero-order valence-electron chi connectivity index (χ0n) is 15.7. The van der Waals surface area contributed by atoms with Gasteiger partial charge in [-0.25, -0.2) is 0 Å². The molecular weight excluding hydrogens is 358 g/mol. The quantitative estimate of drug-likeness (QED) is 0.598. The van der Waals surface area contributed by atoms with Crippen LogP contribution >= 0.6 is 0 Å². The number of para-hydroxylation sites is 1. The molecule has 2 aromatic carbocycles. The number of hydrogen-bond acceptors (Lipinski definition) is 4. The van der Waals surface area contributed by atoms with Crippen molar-refractivity contribution in [3.8, 4) is 0 Å². The van der Waals surface area contributed by atoms with Crippen LogP contribution in [-0.2, 0) is 0 Å². The molecule has 2 N–H and O–H groups in total. The highest BCUT2D eigenvalue weighted by molar-refractivity contribution is 6.09. The van der Waals surface area contributed by atoms with Crippen molar-refractivity contribution in [3.63, 3.8) is 0 Å². The maximum absolute atomic E-state index is 12.7. The Hall–Kier alpha value is -3.22. The Morgan fingerprint density at radius 1 is 1.04 bits per heavy atom. The highest BCUT2D eigenvalue weighted by atomic mass is 16.6. The van der Waals surface area contributed by atoms with E-state index in [1.165, 1.54) is 24.6 Å². The van der Waals surface area contributed by atoms with Gasteiger partial charge >= 0.3 is 0 Å². The van der Waals surface area contributed by atoms with Crippen molar-refractivity contribution in [1.82, 2.24) is 5.32 Å². The lowest BCUT2D eigenvalue weighted by Crippen LogP contribution is -2.36. The summed E-state index contributed by atoms with van der Waals surface area (Å²) in [4.78, 5) is 35.9. The van der Waals surface area contributed by atoms with E-state index in [0.717, 1.165) is 25.7 Å². The van der Waals surface area contributed by atoms with Gasteiger partial charge in [-0.05, 0) is 38.0 Å². The SMILES string of the molecule is Cc1ccc(C(=O)Nc2ccccc2C(=O)NC2CCCCC2)cc1[N+](=O)[O-]. The number of amides is 2. The van der Waals surface area contributed by atoms with Crippen LogP contribution in [0.1, 0.15) is 58.4 Å². The van der Waals surface area contributed by atoms with E-state index in [2.05, 4.69) is 10.6 Å². The molecule has 2 aromatic rings. The number of aryl methyl sites for hydroxylation is 1. The molecule has 7 heteroatoms. The lowest BCUT2D eigenvalue weighted by Gasteiger charge is -2.23. The summed E-state index contributed by atoms with van der Waals surface area (Å²) in [6.45, 7) is 1.62. The minimum Gasteiger partial charge on any atom is -0.349 e. The van der Waals surface area contributed by atoms with Gasteiger partial charge in [0.05, 0.1) is 16.2 Å². The standard InChI is InChI=1S/C21H23N3O4/c1-14-11-12-15(13-19(14)24(27)28)20(25)23-18-10-6-5-9-17(18)21(26)22-16-7-3-2-4-8-16/h5-6,9-13,16H,2-4,7-8H2,1H3,(H,22,26)(H,23,25). The molecule has 1 aliphatic carbocycles. The molecule has 0 aliphatic heterocycles. The second kappa shape index (κ2) is 8.65. The molecule has 28 heavy (non-hydrogen) atoms. The topological polar surface area (TPSA) is 101 Å². The third-order valence-electron chi connectivity index (χ3n) is 5.03. The molecule has 0 saturated heterocycles. The fraction of sp³-hybridized carbons (Fsp3) is 0.333. The highest BCUT2D eigenvalue weighted by Gasteiger charge is 2.20. The predicted molar refractivity (Wildman–Crippen MR) is 107 cm³/mol. The Labute approximate surface area is 163 Å². The fourth-order valence-corrected chi connectivity index (χ4v) is 3.44. The van der Waals surface area contributed by atoms with Crippen LogP contribution in [-0.4, -0.2) is 22.8 Å². The Morgan fingerprint density at radius 2 is 1.75 bits per heavy atom. The Balaban J connectivity index is 1.77. The van der Waals surface area contributed by atoms with Crippen LogP contribution in [0.25, 0.3) is 0 Å². The van der Waals surface area contributed by atoms with Gasteiger partial charge in [-0.1, -0.05) is 37.5 Å². The van der Waals surface area contributed by atoms with Gasteiger partial charge in [0.2, 0.25) is 0 Å². The van der Waals surface area contributed by atoms with E-state index in [1.807, 2.05) is 0 Å². The first-order valence-corrected chi connectivity index (χ1v) is 9.42.